The first kappa shape index (κ1) is 14.4. The molecule has 0 rings (SSSR count). The fourth-order valence-corrected chi connectivity index (χ4v) is 4.17. The van der Waals surface area contributed by atoms with E-state index in [4.69, 9.17) is 5.11 Å². The van der Waals surface area contributed by atoms with Crippen LogP contribution in [0.25, 0.3) is 0 Å². The van der Waals surface area contributed by atoms with Crippen LogP contribution in [-0.2, 0) is 0 Å². The first-order valence-corrected chi connectivity index (χ1v) is 12.8. The van der Waals surface area contributed by atoms with Crippen molar-refractivity contribution in [2.24, 2.45) is 0 Å². The average molecular weight is 234 g/mol. The Morgan fingerprint density at radius 2 is 1.57 bits per heavy atom. The molecular weight excluding hydrogens is 206 g/mol. The van der Waals surface area contributed by atoms with Gasteiger partial charge in [-0.2, -0.15) is 0 Å². The number of rotatable bonds is 6. The van der Waals surface area contributed by atoms with Gasteiger partial charge in [0.1, 0.15) is 0 Å². The molecule has 0 aromatic carbocycles. The summed E-state index contributed by atoms with van der Waals surface area (Å²) in [4.78, 5) is 0. The molecule has 1 unspecified atom stereocenters. The van der Waals surface area contributed by atoms with Gasteiger partial charge >= 0.3 is 0 Å². The van der Waals surface area contributed by atoms with Crippen LogP contribution in [0.2, 0.25) is 39.3 Å². The Bertz CT molecular complexity index is 160. The van der Waals surface area contributed by atoms with Crippen molar-refractivity contribution < 1.29 is 5.11 Å². The Morgan fingerprint density at radius 3 is 1.86 bits per heavy atom. The molecule has 2 N–H and O–H groups in total. The van der Waals surface area contributed by atoms with E-state index in [0.29, 0.717) is 12.3 Å². The van der Waals surface area contributed by atoms with E-state index in [9.17, 15) is 0 Å². The standard InChI is InChI=1S/C10H27NOSi2/c1-13(2,3)9-11-10(7-8-12)14(4,5)6/h10-12H,7-9H2,1-6H3. The van der Waals surface area contributed by atoms with Crippen molar-refractivity contribution >= 4 is 16.1 Å². The zero-order valence-corrected chi connectivity index (χ0v) is 12.6. The third kappa shape index (κ3) is 6.76. The van der Waals surface area contributed by atoms with E-state index in [2.05, 4.69) is 44.6 Å². The van der Waals surface area contributed by atoms with Crippen LogP contribution in [0.5, 0.6) is 0 Å². The van der Waals surface area contributed by atoms with Gasteiger partial charge in [0, 0.05) is 12.3 Å². The summed E-state index contributed by atoms with van der Waals surface area (Å²) >= 11 is 0. The Kier molecular flexibility index (Phi) is 5.58. The van der Waals surface area contributed by atoms with E-state index >= 15 is 0 Å². The van der Waals surface area contributed by atoms with Crippen molar-refractivity contribution in [1.29, 1.82) is 0 Å². The van der Waals surface area contributed by atoms with E-state index in [1.165, 1.54) is 6.17 Å². The zero-order valence-electron chi connectivity index (χ0n) is 10.6. The molecule has 0 saturated heterocycles. The van der Waals surface area contributed by atoms with Gasteiger partial charge in [-0.1, -0.05) is 39.3 Å². The summed E-state index contributed by atoms with van der Waals surface area (Å²) in [5, 5.41) is 12.7. The number of aliphatic hydroxyl groups is 1. The summed E-state index contributed by atoms with van der Waals surface area (Å²) in [5.41, 5.74) is 0.569. The molecule has 0 aliphatic carbocycles. The molecular formula is C10H27NOSi2. The van der Waals surface area contributed by atoms with Gasteiger partial charge in [0.2, 0.25) is 0 Å². The summed E-state index contributed by atoms with van der Waals surface area (Å²) in [6.45, 7) is 14.5. The van der Waals surface area contributed by atoms with E-state index < -0.39 is 16.1 Å². The lowest BCUT2D eigenvalue weighted by Crippen LogP contribution is -2.53. The van der Waals surface area contributed by atoms with E-state index in [0.717, 1.165) is 6.42 Å². The second kappa shape index (κ2) is 5.44. The number of hydrogen-bond donors (Lipinski definition) is 2. The maximum absolute atomic E-state index is 9.02. The van der Waals surface area contributed by atoms with Crippen molar-refractivity contribution in [1.82, 2.24) is 5.32 Å². The van der Waals surface area contributed by atoms with Crippen molar-refractivity contribution in [3.8, 4) is 0 Å². The molecule has 0 bridgehead atoms. The number of hydrogen-bond acceptors (Lipinski definition) is 2. The lowest BCUT2D eigenvalue weighted by atomic mass is 10.4. The third-order valence-corrected chi connectivity index (χ3v) is 6.19. The SMILES string of the molecule is C[Si](C)(C)CNC(CCO)[Si](C)(C)C. The highest BCUT2D eigenvalue weighted by atomic mass is 28.3. The molecule has 0 aliphatic rings. The maximum Gasteiger partial charge on any atom is 0.0635 e. The van der Waals surface area contributed by atoms with Crippen molar-refractivity contribution in [2.45, 2.75) is 51.4 Å². The number of nitrogens with one attached hydrogen (secondary N) is 1. The van der Waals surface area contributed by atoms with Crippen LogP contribution in [0, 0.1) is 0 Å². The summed E-state index contributed by atoms with van der Waals surface area (Å²) in [5.74, 6) is 0. The highest BCUT2D eigenvalue weighted by Gasteiger charge is 2.27. The van der Waals surface area contributed by atoms with Crippen LogP contribution >= 0.6 is 0 Å². The summed E-state index contributed by atoms with van der Waals surface area (Å²) < 4.78 is 0. The molecule has 0 heterocycles. The minimum Gasteiger partial charge on any atom is -0.396 e. The quantitative estimate of drug-likeness (QED) is 0.689. The predicted molar refractivity (Wildman–Crippen MR) is 70.2 cm³/mol. The van der Waals surface area contributed by atoms with Gasteiger partial charge in [-0.3, -0.25) is 0 Å². The third-order valence-electron chi connectivity index (χ3n) is 2.34. The molecule has 86 valence electrons. The van der Waals surface area contributed by atoms with Crippen LogP contribution in [0.15, 0.2) is 0 Å². The van der Waals surface area contributed by atoms with Gasteiger partial charge in [-0.15, -0.1) is 0 Å². The topological polar surface area (TPSA) is 32.3 Å². The molecule has 4 heteroatoms. The molecule has 0 aromatic heterocycles. The molecule has 14 heavy (non-hydrogen) atoms. The van der Waals surface area contributed by atoms with Gasteiger partial charge in [-0.25, -0.2) is 0 Å². The fourth-order valence-electron chi connectivity index (χ4n) is 1.40. The molecule has 0 amide bonds. The van der Waals surface area contributed by atoms with Crippen LogP contribution < -0.4 is 5.32 Å². The average Bonchev–Trinajstić information content (AvgIpc) is 1.93. The Labute approximate surface area is 91.1 Å². The van der Waals surface area contributed by atoms with Gasteiger partial charge in [-0.05, 0) is 12.6 Å². The van der Waals surface area contributed by atoms with Gasteiger partial charge in [0.25, 0.3) is 0 Å². The van der Waals surface area contributed by atoms with Crippen LogP contribution in [0.1, 0.15) is 6.42 Å². The second-order valence-electron chi connectivity index (χ2n) is 6.37. The highest BCUT2D eigenvalue weighted by Crippen LogP contribution is 2.11. The lowest BCUT2D eigenvalue weighted by Gasteiger charge is -2.32. The summed E-state index contributed by atoms with van der Waals surface area (Å²) in [6.07, 6.45) is 2.09. The molecule has 0 fully saturated rings. The van der Waals surface area contributed by atoms with Crippen molar-refractivity contribution in [3.63, 3.8) is 0 Å². The van der Waals surface area contributed by atoms with Crippen molar-refractivity contribution in [2.75, 3.05) is 12.8 Å². The lowest BCUT2D eigenvalue weighted by molar-refractivity contribution is 0.280. The minimum atomic E-state index is -1.16. The second-order valence-corrected chi connectivity index (χ2v) is 17.3. The minimum absolute atomic E-state index is 0.313. The smallest absolute Gasteiger partial charge is 0.0635 e. The molecule has 0 saturated carbocycles. The molecule has 1 atom stereocenters. The largest absolute Gasteiger partial charge is 0.396 e. The van der Waals surface area contributed by atoms with Gasteiger partial charge in [0.15, 0.2) is 0 Å². The van der Waals surface area contributed by atoms with Crippen LogP contribution in [0.3, 0.4) is 0 Å². The van der Waals surface area contributed by atoms with Crippen molar-refractivity contribution in [3.05, 3.63) is 0 Å². The zero-order chi connectivity index (χ0) is 11.4. The van der Waals surface area contributed by atoms with Crippen LogP contribution in [-0.4, -0.2) is 39.7 Å². The Hall–Kier alpha value is 0.354. The highest BCUT2D eigenvalue weighted by molar-refractivity contribution is 6.78. The van der Waals surface area contributed by atoms with Crippen LogP contribution in [0.4, 0.5) is 0 Å². The van der Waals surface area contributed by atoms with E-state index in [-0.39, 0.29) is 0 Å². The monoisotopic (exact) mass is 233 g/mol. The van der Waals surface area contributed by atoms with E-state index in [1.807, 2.05) is 0 Å². The van der Waals surface area contributed by atoms with E-state index in [1.54, 1.807) is 0 Å². The van der Waals surface area contributed by atoms with Gasteiger partial charge in [0.05, 0.1) is 16.1 Å². The molecule has 2 nitrogen and oxygen atoms in total. The Morgan fingerprint density at radius 1 is 1.07 bits per heavy atom. The predicted octanol–water partition coefficient (Wildman–Crippen LogP) is 2.08. The summed E-state index contributed by atoms with van der Waals surface area (Å²) in [6, 6.07) is 0. The normalized spacial score (nSPS) is 15.6. The fraction of sp³-hybridized carbons (Fsp3) is 1.00. The maximum atomic E-state index is 9.02. The first-order valence-electron chi connectivity index (χ1n) is 5.51. The summed E-state index contributed by atoms with van der Waals surface area (Å²) in [7, 11) is -2.15. The molecule has 0 aliphatic heterocycles. The molecule has 0 spiro atoms. The number of aliphatic hydroxyl groups excluding tert-OH is 1. The molecule has 0 aromatic rings. The van der Waals surface area contributed by atoms with Gasteiger partial charge < -0.3 is 10.4 Å². The Balaban J connectivity index is 4.12. The first-order chi connectivity index (χ1) is 6.17. The molecule has 0 radical (unpaired) electrons.